The highest BCUT2D eigenvalue weighted by Crippen LogP contribution is 2.39. The zero-order valence-corrected chi connectivity index (χ0v) is 17.4. The normalized spacial score (nSPS) is 15.6. The second-order valence-corrected chi connectivity index (χ2v) is 7.57. The van der Waals surface area contributed by atoms with Crippen LogP contribution in [0.5, 0.6) is 0 Å². The van der Waals surface area contributed by atoms with E-state index in [0.29, 0.717) is 25.4 Å². The average molecular weight is 384 g/mol. The van der Waals surface area contributed by atoms with Crippen molar-refractivity contribution >= 4 is 12.0 Å². The molecule has 0 atom stereocenters. The van der Waals surface area contributed by atoms with E-state index in [0.717, 1.165) is 34.5 Å². The first-order valence-corrected chi connectivity index (χ1v) is 9.68. The topological polar surface area (TPSA) is 34.1 Å². The predicted molar refractivity (Wildman–Crippen MR) is 111 cm³/mol. The van der Waals surface area contributed by atoms with Gasteiger partial charge in [0.05, 0.1) is 31.8 Å². The molecule has 5 heteroatoms. The first kappa shape index (κ1) is 20.5. The second-order valence-electron chi connectivity index (χ2n) is 7.57. The molecule has 1 aliphatic rings. The van der Waals surface area contributed by atoms with Crippen molar-refractivity contribution in [2.75, 3.05) is 26.8 Å². The number of aryl methyl sites for hydroxylation is 2. The highest BCUT2D eigenvalue weighted by molar-refractivity contribution is 5.64. The van der Waals surface area contributed by atoms with Gasteiger partial charge >= 0.3 is 0 Å². The predicted octanol–water partition coefficient (Wildman–Crippen LogP) is 4.80. The largest absolute Gasteiger partial charge is 0.375 e. The zero-order valence-electron chi connectivity index (χ0n) is 17.4. The molecule has 0 unspecified atom stereocenters. The third kappa shape index (κ3) is 4.10. The van der Waals surface area contributed by atoms with E-state index in [-0.39, 0.29) is 5.82 Å². The van der Waals surface area contributed by atoms with Gasteiger partial charge in [0.1, 0.15) is 11.4 Å². The van der Waals surface area contributed by atoms with Crippen LogP contribution in [0.25, 0.3) is 0 Å². The summed E-state index contributed by atoms with van der Waals surface area (Å²) in [6.45, 7) is 10.3. The summed E-state index contributed by atoms with van der Waals surface area (Å²) in [7, 11) is 2.00. The first-order valence-electron chi connectivity index (χ1n) is 9.68. The molecule has 1 heterocycles. The average Bonchev–Trinajstić information content (AvgIpc) is 2.64. The fourth-order valence-corrected chi connectivity index (χ4v) is 3.30. The minimum absolute atomic E-state index is 0.203. The Morgan fingerprint density at radius 3 is 2.61 bits per heavy atom. The van der Waals surface area contributed by atoms with Crippen LogP contribution in [-0.4, -0.2) is 38.0 Å². The van der Waals surface area contributed by atoms with E-state index in [4.69, 9.17) is 9.47 Å². The molecule has 0 saturated carbocycles. The van der Waals surface area contributed by atoms with E-state index in [1.807, 2.05) is 24.4 Å². The van der Waals surface area contributed by atoms with Crippen molar-refractivity contribution < 1.29 is 13.9 Å². The Bertz CT molecular complexity index is 875. The molecule has 0 spiro atoms. The van der Waals surface area contributed by atoms with Crippen LogP contribution >= 0.6 is 0 Å². The third-order valence-corrected chi connectivity index (χ3v) is 5.48. The van der Waals surface area contributed by atoms with Crippen LogP contribution in [0, 0.1) is 26.6 Å². The van der Waals surface area contributed by atoms with Gasteiger partial charge in [-0.05, 0) is 67.6 Å². The lowest BCUT2D eigenvalue weighted by molar-refractivity contribution is -0.223. The molecule has 3 rings (SSSR count). The van der Waals surface area contributed by atoms with Gasteiger partial charge in [0.2, 0.25) is 0 Å². The minimum atomic E-state index is -0.490. The smallest absolute Gasteiger partial charge is 0.140 e. The molecule has 2 aromatic carbocycles. The number of ether oxygens (including phenoxy) is 2. The second kappa shape index (κ2) is 8.41. The molecule has 0 amide bonds. The SMILES string of the molecule is CCN(C)C=Nc1cc(C)c(C2(OCc3cccc(F)c3C)COC2)cc1C. The molecule has 0 N–H and O–H groups in total. The molecule has 0 radical (unpaired) electrons. The molecule has 0 aliphatic carbocycles. The Labute approximate surface area is 167 Å². The lowest BCUT2D eigenvalue weighted by Crippen LogP contribution is -2.49. The lowest BCUT2D eigenvalue weighted by atomic mass is 9.86. The Morgan fingerprint density at radius 1 is 1.21 bits per heavy atom. The van der Waals surface area contributed by atoms with E-state index in [1.165, 1.54) is 6.07 Å². The third-order valence-electron chi connectivity index (χ3n) is 5.48. The van der Waals surface area contributed by atoms with Crippen molar-refractivity contribution in [1.29, 1.82) is 0 Å². The van der Waals surface area contributed by atoms with Crippen molar-refractivity contribution in [3.05, 3.63) is 64.0 Å². The Morgan fingerprint density at radius 2 is 1.96 bits per heavy atom. The number of nitrogens with zero attached hydrogens (tertiary/aromatic N) is 2. The fraction of sp³-hybridized carbons (Fsp3) is 0.435. The molecule has 0 bridgehead atoms. The van der Waals surface area contributed by atoms with Gasteiger partial charge in [-0.2, -0.15) is 0 Å². The Hall–Kier alpha value is -2.24. The molecule has 4 nitrogen and oxygen atoms in total. The van der Waals surface area contributed by atoms with Gasteiger partial charge in [-0.3, -0.25) is 0 Å². The number of benzene rings is 2. The summed E-state index contributed by atoms with van der Waals surface area (Å²) >= 11 is 0. The summed E-state index contributed by atoms with van der Waals surface area (Å²) in [6.07, 6.45) is 1.85. The van der Waals surface area contributed by atoms with Crippen LogP contribution in [0.4, 0.5) is 10.1 Å². The molecule has 1 aliphatic heterocycles. The van der Waals surface area contributed by atoms with Crippen LogP contribution in [0.2, 0.25) is 0 Å². The zero-order chi connectivity index (χ0) is 20.3. The van der Waals surface area contributed by atoms with E-state index in [2.05, 4.69) is 37.9 Å². The monoisotopic (exact) mass is 384 g/mol. The Kier molecular flexibility index (Phi) is 6.16. The molecule has 2 aromatic rings. The summed E-state index contributed by atoms with van der Waals surface area (Å²) in [5, 5.41) is 0. The first-order chi connectivity index (χ1) is 13.4. The minimum Gasteiger partial charge on any atom is -0.375 e. The summed E-state index contributed by atoms with van der Waals surface area (Å²) in [5.74, 6) is -0.203. The van der Waals surface area contributed by atoms with E-state index >= 15 is 0 Å². The van der Waals surface area contributed by atoms with E-state index in [1.54, 1.807) is 13.0 Å². The van der Waals surface area contributed by atoms with Gasteiger partial charge in [0.25, 0.3) is 0 Å². The van der Waals surface area contributed by atoms with Crippen molar-refractivity contribution in [2.24, 2.45) is 4.99 Å². The number of hydrogen-bond donors (Lipinski definition) is 0. The quantitative estimate of drug-likeness (QED) is 0.508. The van der Waals surface area contributed by atoms with Gasteiger partial charge in [-0.1, -0.05) is 18.2 Å². The van der Waals surface area contributed by atoms with Gasteiger partial charge < -0.3 is 14.4 Å². The highest BCUT2D eigenvalue weighted by atomic mass is 19.1. The van der Waals surface area contributed by atoms with Crippen LogP contribution < -0.4 is 0 Å². The standard InChI is InChI=1S/C23H29FN2O2/c1-6-26(5)15-25-22-11-16(2)20(10-17(22)3)23(13-27-14-23)28-12-19-8-7-9-21(24)18(19)4/h7-11,15H,6,12-14H2,1-5H3. The Balaban J connectivity index is 1.84. The van der Waals surface area contributed by atoms with Crippen molar-refractivity contribution in [3.63, 3.8) is 0 Å². The molecule has 28 heavy (non-hydrogen) atoms. The highest BCUT2D eigenvalue weighted by Gasteiger charge is 2.43. The lowest BCUT2D eigenvalue weighted by Gasteiger charge is -2.42. The van der Waals surface area contributed by atoms with Gasteiger partial charge in [-0.15, -0.1) is 0 Å². The molecular formula is C23H29FN2O2. The van der Waals surface area contributed by atoms with Crippen LogP contribution in [-0.2, 0) is 21.7 Å². The van der Waals surface area contributed by atoms with E-state index in [9.17, 15) is 4.39 Å². The summed E-state index contributed by atoms with van der Waals surface area (Å²) < 4.78 is 25.7. The van der Waals surface area contributed by atoms with Gasteiger partial charge in [0.15, 0.2) is 0 Å². The number of aliphatic imine (C=N–C) groups is 1. The van der Waals surface area contributed by atoms with Crippen LogP contribution in [0.1, 0.15) is 34.7 Å². The van der Waals surface area contributed by atoms with Crippen molar-refractivity contribution in [2.45, 2.75) is 39.9 Å². The van der Waals surface area contributed by atoms with Gasteiger partial charge in [0, 0.05) is 13.6 Å². The molecule has 150 valence electrons. The maximum Gasteiger partial charge on any atom is 0.140 e. The fourth-order valence-electron chi connectivity index (χ4n) is 3.30. The van der Waals surface area contributed by atoms with Gasteiger partial charge in [-0.25, -0.2) is 9.38 Å². The number of rotatable bonds is 7. The summed E-state index contributed by atoms with van der Waals surface area (Å²) in [6, 6.07) is 9.35. The van der Waals surface area contributed by atoms with Crippen molar-refractivity contribution in [3.8, 4) is 0 Å². The number of hydrogen-bond acceptors (Lipinski definition) is 3. The van der Waals surface area contributed by atoms with Crippen LogP contribution in [0.15, 0.2) is 35.3 Å². The maximum absolute atomic E-state index is 13.8. The molecular weight excluding hydrogens is 355 g/mol. The summed E-state index contributed by atoms with van der Waals surface area (Å²) in [4.78, 5) is 6.64. The van der Waals surface area contributed by atoms with Crippen molar-refractivity contribution in [1.82, 2.24) is 4.90 Å². The molecule has 0 aromatic heterocycles. The molecule has 1 fully saturated rings. The maximum atomic E-state index is 13.8. The van der Waals surface area contributed by atoms with Crippen LogP contribution in [0.3, 0.4) is 0 Å². The summed E-state index contributed by atoms with van der Waals surface area (Å²) in [5.41, 5.74) is 5.30. The molecule has 1 saturated heterocycles. The van der Waals surface area contributed by atoms with E-state index < -0.39 is 5.60 Å². The number of halogens is 1.